The highest BCUT2D eigenvalue weighted by atomic mass is 16.3. The molecule has 0 unspecified atom stereocenters. The normalized spacial score (nSPS) is 11.3. The first-order valence-corrected chi connectivity index (χ1v) is 5.68. The quantitative estimate of drug-likeness (QED) is 0.509. The number of fused-ring (bicyclic) bond motifs is 3. The van der Waals surface area contributed by atoms with Crippen LogP contribution >= 0.6 is 0 Å². The Labute approximate surface area is 102 Å². The van der Waals surface area contributed by atoms with Gasteiger partial charge in [-0.05, 0) is 24.3 Å². The minimum absolute atomic E-state index is 0.889. The van der Waals surface area contributed by atoms with Gasteiger partial charge in [0.05, 0.1) is 5.69 Å². The van der Waals surface area contributed by atoms with Gasteiger partial charge in [0.25, 0.3) is 0 Å². The van der Waals surface area contributed by atoms with Gasteiger partial charge < -0.3 is 4.42 Å². The average Bonchev–Trinajstić information content (AvgIpc) is 3.05. The third kappa shape index (κ3) is 1.26. The second kappa shape index (κ2) is 3.43. The average molecular weight is 235 g/mol. The fraction of sp³-hybridized carbons (Fsp3) is 0. The fourth-order valence-corrected chi connectivity index (χ4v) is 2.20. The van der Waals surface area contributed by atoms with Gasteiger partial charge in [0, 0.05) is 10.8 Å². The van der Waals surface area contributed by atoms with Gasteiger partial charge in [0.2, 0.25) is 0 Å². The highest BCUT2D eigenvalue weighted by molar-refractivity contribution is 6.05. The van der Waals surface area contributed by atoms with E-state index in [2.05, 4.69) is 22.2 Å². The third-order valence-electron chi connectivity index (χ3n) is 3.04. The number of hydrogen-bond donors (Lipinski definition) is 0. The van der Waals surface area contributed by atoms with E-state index in [-0.39, 0.29) is 0 Å². The maximum atomic E-state index is 5.78. The Morgan fingerprint density at radius 1 is 0.944 bits per heavy atom. The standard InChI is InChI=1S/C14H9N3O/c1-2-4-13-11(3-1)12-7-10(5-6-14(12)18-13)17-9-15-8-16-17/h1-9H. The van der Waals surface area contributed by atoms with E-state index >= 15 is 0 Å². The number of hydrogen-bond acceptors (Lipinski definition) is 3. The largest absolute Gasteiger partial charge is 0.456 e. The summed E-state index contributed by atoms with van der Waals surface area (Å²) in [4.78, 5) is 3.96. The van der Waals surface area contributed by atoms with Gasteiger partial charge in [0.1, 0.15) is 23.8 Å². The van der Waals surface area contributed by atoms with Crippen molar-refractivity contribution in [3.63, 3.8) is 0 Å². The van der Waals surface area contributed by atoms with Crippen LogP contribution in [0.25, 0.3) is 27.6 Å². The SMILES string of the molecule is c1ccc2c(c1)oc1ccc(-n3cncn3)cc12. The van der Waals surface area contributed by atoms with E-state index in [1.165, 1.54) is 6.33 Å². The van der Waals surface area contributed by atoms with Crippen molar-refractivity contribution in [1.82, 2.24) is 14.8 Å². The van der Waals surface area contributed by atoms with Crippen LogP contribution in [0.15, 0.2) is 59.5 Å². The topological polar surface area (TPSA) is 43.9 Å². The van der Waals surface area contributed by atoms with Crippen molar-refractivity contribution in [2.75, 3.05) is 0 Å². The summed E-state index contributed by atoms with van der Waals surface area (Å²) >= 11 is 0. The molecule has 0 N–H and O–H groups in total. The molecule has 0 saturated heterocycles. The van der Waals surface area contributed by atoms with Gasteiger partial charge in [-0.25, -0.2) is 9.67 Å². The lowest BCUT2D eigenvalue weighted by Gasteiger charge is -1.99. The summed E-state index contributed by atoms with van der Waals surface area (Å²) in [6.45, 7) is 0. The van der Waals surface area contributed by atoms with Gasteiger partial charge >= 0.3 is 0 Å². The molecule has 0 bridgehead atoms. The van der Waals surface area contributed by atoms with Crippen molar-refractivity contribution in [3.8, 4) is 5.69 Å². The molecule has 2 aromatic carbocycles. The number of aromatic nitrogens is 3. The van der Waals surface area contributed by atoms with E-state index < -0.39 is 0 Å². The molecule has 0 aliphatic rings. The third-order valence-corrected chi connectivity index (χ3v) is 3.04. The highest BCUT2D eigenvalue weighted by Crippen LogP contribution is 2.29. The molecule has 0 saturated carbocycles. The molecule has 0 spiro atoms. The van der Waals surface area contributed by atoms with Crippen LogP contribution in [0, 0.1) is 0 Å². The van der Waals surface area contributed by atoms with Crippen LogP contribution in [-0.4, -0.2) is 14.8 Å². The maximum absolute atomic E-state index is 5.78. The lowest BCUT2D eigenvalue weighted by molar-refractivity contribution is 0.668. The molecular formula is C14H9N3O. The Morgan fingerprint density at radius 3 is 2.72 bits per heavy atom. The Balaban J connectivity index is 2.07. The Bertz CT molecular complexity index is 831. The molecule has 2 heterocycles. The van der Waals surface area contributed by atoms with Crippen LogP contribution in [0.4, 0.5) is 0 Å². The minimum atomic E-state index is 0.889. The molecular weight excluding hydrogens is 226 g/mol. The van der Waals surface area contributed by atoms with Gasteiger partial charge in [-0.15, -0.1) is 0 Å². The number of furan rings is 1. The monoisotopic (exact) mass is 235 g/mol. The maximum Gasteiger partial charge on any atom is 0.138 e. The highest BCUT2D eigenvalue weighted by Gasteiger charge is 2.07. The summed E-state index contributed by atoms with van der Waals surface area (Å²) in [7, 11) is 0. The van der Waals surface area contributed by atoms with Crippen molar-refractivity contribution in [3.05, 3.63) is 55.1 Å². The van der Waals surface area contributed by atoms with Crippen molar-refractivity contribution in [1.29, 1.82) is 0 Å². The molecule has 2 aromatic heterocycles. The predicted octanol–water partition coefficient (Wildman–Crippen LogP) is 3.17. The van der Waals surface area contributed by atoms with Crippen LogP contribution in [-0.2, 0) is 0 Å². The number of rotatable bonds is 1. The first-order valence-electron chi connectivity index (χ1n) is 5.68. The molecule has 4 rings (SSSR count). The molecule has 18 heavy (non-hydrogen) atoms. The summed E-state index contributed by atoms with van der Waals surface area (Å²) in [5.74, 6) is 0. The van der Waals surface area contributed by atoms with Crippen LogP contribution in [0.2, 0.25) is 0 Å². The zero-order chi connectivity index (χ0) is 11.9. The van der Waals surface area contributed by atoms with Gasteiger partial charge in [-0.3, -0.25) is 0 Å². The van der Waals surface area contributed by atoms with Crippen molar-refractivity contribution < 1.29 is 4.42 Å². The molecule has 0 radical (unpaired) electrons. The van der Waals surface area contributed by atoms with E-state index in [0.29, 0.717) is 0 Å². The summed E-state index contributed by atoms with van der Waals surface area (Å²) < 4.78 is 7.52. The molecule has 0 aliphatic carbocycles. The summed E-state index contributed by atoms with van der Waals surface area (Å²) in [6.07, 6.45) is 3.21. The van der Waals surface area contributed by atoms with E-state index in [1.807, 2.05) is 30.3 Å². The molecule has 0 atom stereocenters. The lowest BCUT2D eigenvalue weighted by Crippen LogP contribution is -1.92. The first-order chi connectivity index (χ1) is 8.92. The molecule has 0 aliphatic heterocycles. The lowest BCUT2D eigenvalue weighted by atomic mass is 10.1. The Kier molecular flexibility index (Phi) is 1.80. The van der Waals surface area contributed by atoms with Crippen molar-refractivity contribution in [2.45, 2.75) is 0 Å². The number of para-hydroxylation sites is 1. The molecule has 4 aromatic rings. The van der Waals surface area contributed by atoms with E-state index in [1.54, 1.807) is 11.0 Å². The van der Waals surface area contributed by atoms with Gasteiger partial charge in [0.15, 0.2) is 0 Å². The molecule has 0 fully saturated rings. The molecule has 86 valence electrons. The summed E-state index contributed by atoms with van der Waals surface area (Å²) in [6, 6.07) is 14.0. The summed E-state index contributed by atoms with van der Waals surface area (Å²) in [5.41, 5.74) is 2.77. The zero-order valence-corrected chi connectivity index (χ0v) is 9.45. The molecule has 4 nitrogen and oxygen atoms in total. The van der Waals surface area contributed by atoms with E-state index in [4.69, 9.17) is 4.42 Å². The minimum Gasteiger partial charge on any atom is -0.456 e. The van der Waals surface area contributed by atoms with E-state index in [0.717, 1.165) is 27.6 Å². The molecule has 4 heteroatoms. The number of nitrogens with zero attached hydrogens (tertiary/aromatic N) is 3. The second-order valence-corrected chi connectivity index (χ2v) is 4.12. The van der Waals surface area contributed by atoms with Crippen LogP contribution in [0.1, 0.15) is 0 Å². The zero-order valence-electron chi connectivity index (χ0n) is 9.45. The number of benzene rings is 2. The predicted molar refractivity (Wildman–Crippen MR) is 68.6 cm³/mol. The smallest absolute Gasteiger partial charge is 0.138 e. The Morgan fingerprint density at radius 2 is 1.83 bits per heavy atom. The first kappa shape index (κ1) is 9.41. The molecule has 0 amide bonds. The van der Waals surface area contributed by atoms with Crippen molar-refractivity contribution in [2.24, 2.45) is 0 Å². The van der Waals surface area contributed by atoms with Gasteiger partial charge in [-0.2, -0.15) is 5.10 Å². The fourth-order valence-electron chi connectivity index (χ4n) is 2.20. The Hall–Kier alpha value is -2.62. The van der Waals surface area contributed by atoms with Crippen molar-refractivity contribution >= 4 is 21.9 Å². The van der Waals surface area contributed by atoms with Crippen LogP contribution < -0.4 is 0 Å². The van der Waals surface area contributed by atoms with Crippen LogP contribution in [0.5, 0.6) is 0 Å². The second-order valence-electron chi connectivity index (χ2n) is 4.12. The van der Waals surface area contributed by atoms with Gasteiger partial charge in [-0.1, -0.05) is 18.2 Å². The van der Waals surface area contributed by atoms with Crippen LogP contribution in [0.3, 0.4) is 0 Å². The van der Waals surface area contributed by atoms with E-state index in [9.17, 15) is 0 Å². The summed E-state index contributed by atoms with van der Waals surface area (Å²) in [5, 5.41) is 6.35.